The van der Waals surface area contributed by atoms with E-state index >= 15 is 0 Å². The highest BCUT2D eigenvalue weighted by Crippen LogP contribution is 2.29. The Morgan fingerprint density at radius 2 is 2.11 bits per heavy atom. The molecule has 1 aromatic carbocycles. The predicted octanol–water partition coefficient (Wildman–Crippen LogP) is 4.21. The van der Waals surface area contributed by atoms with Crippen LogP contribution in [0, 0.1) is 13.8 Å². The maximum Gasteiger partial charge on any atom is 0.258 e. The highest BCUT2D eigenvalue weighted by molar-refractivity contribution is 6.34. The van der Waals surface area contributed by atoms with Crippen LogP contribution in [-0.2, 0) is 6.42 Å². The first-order valence-electron chi connectivity index (χ1n) is 12.1. The molecular formula is C26H29ClFN7O. The van der Waals surface area contributed by atoms with Gasteiger partial charge in [0.1, 0.15) is 12.0 Å². The maximum absolute atomic E-state index is 14.7. The minimum Gasteiger partial charge on any atom is -0.378 e. The van der Waals surface area contributed by atoms with Crippen LogP contribution < -0.4 is 10.9 Å². The van der Waals surface area contributed by atoms with Gasteiger partial charge in [0, 0.05) is 31.9 Å². The average Bonchev–Trinajstić information content (AvgIpc) is 3.20. The summed E-state index contributed by atoms with van der Waals surface area (Å²) in [5.41, 5.74) is 3.78. The molecule has 0 aliphatic carbocycles. The van der Waals surface area contributed by atoms with Crippen molar-refractivity contribution >= 4 is 28.2 Å². The van der Waals surface area contributed by atoms with Crippen molar-refractivity contribution < 1.29 is 4.39 Å². The van der Waals surface area contributed by atoms with Gasteiger partial charge in [0.15, 0.2) is 5.82 Å². The molecule has 4 aromatic rings. The van der Waals surface area contributed by atoms with Crippen LogP contribution in [0.25, 0.3) is 16.7 Å². The van der Waals surface area contributed by atoms with Crippen molar-refractivity contribution in [3.05, 3.63) is 74.7 Å². The monoisotopic (exact) mass is 509 g/mol. The molecule has 8 nitrogen and oxygen atoms in total. The molecule has 36 heavy (non-hydrogen) atoms. The second-order valence-corrected chi connectivity index (χ2v) is 9.76. The zero-order chi connectivity index (χ0) is 25.4. The van der Waals surface area contributed by atoms with Crippen molar-refractivity contribution in [2.45, 2.75) is 45.8 Å². The Morgan fingerprint density at radius 1 is 1.28 bits per heavy atom. The third kappa shape index (κ3) is 4.99. The largest absolute Gasteiger partial charge is 0.378 e. The lowest BCUT2D eigenvalue weighted by Gasteiger charge is -2.35. The van der Waals surface area contributed by atoms with Crippen LogP contribution in [0.2, 0.25) is 5.02 Å². The van der Waals surface area contributed by atoms with Crippen molar-refractivity contribution in [1.29, 1.82) is 0 Å². The molecule has 0 unspecified atom stereocenters. The molecule has 10 heteroatoms. The Labute approximate surface area is 213 Å². The van der Waals surface area contributed by atoms with E-state index < -0.39 is 6.17 Å². The van der Waals surface area contributed by atoms with Crippen LogP contribution in [0.15, 0.2) is 41.5 Å². The van der Waals surface area contributed by atoms with E-state index in [0.717, 1.165) is 35.7 Å². The topological polar surface area (TPSA) is 91.7 Å². The number of H-pyrrole nitrogens is 1. The molecule has 1 saturated heterocycles. The number of fused-ring (bicyclic) bond motifs is 1. The van der Waals surface area contributed by atoms with E-state index in [4.69, 9.17) is 11.6 Å². The molecule has 188 valence electrons. The average molecular weight is 510 g/mol. The number of alkyl halides is 1. The normalized spacial score (nSPS) is 18.6. The molecule has 0 bridgehead atoms. The number of rotatable bonds is 6. The number of hydrogen-bond donors (Lipinski definition) is 2. The zero-order valence-electron chi connectivity index (χ0n) is 20.6. The lowest BCUT2D eigenvalue weighted by molar-refractivity contribution is 0.132. The minimum absolute atomic E-state index is 0.268. The molecule has 0 amide bonds. The van der Waals surface area contributed by atoms with Gasteiger partial charge in [0.25, 0.3) is 5.56 Å². The highest BCUT2D eigenvalue weighted by atomic mass is 35.5. The number of pyridine rings is 1. The van der Waals surface area contributed by atoms with Crippen LogP contribution in [0.3, 0.4) is 0 Å². The number of nitrogens with one attached hydrogen (secondary N) is 2. The molecule has 2 atom stereocenters. The highest BCUT2D eigenvalue weighted by Gasteiger charge is 2.29. The summed E-state index contributed by atoms with van der Waals surface area (Å²) in [4.78, 5) is 26.9. The third-order valence-corrected chi connectivity index (χ3v) is 7.13. The van der Waals surface area contributed by atoms with Crippen LogP contribution >= 0.6 is 11.6 Å². The summed E-state index contributed by atoms with van der Waals surface area (Å²) in [5, 5.41) is 8.47. The molecular weight excluding hydrogens is 481 g/mol. The quantitative estimate of drug-likeness (QED) is 0.404. The van der Waals surface area contributed by atoms with Crippen molar-refractivity contribution in [3.63, 3.8) is 0 Å². The van der Waals surface area contributed by atoms with Crippen molar-refractivity contribution in [1.82, 2.24) is 29.6 Å². The van der Waals surface area contributed by atoms with E-state index in [1.807, 2.05) is 39.1 Å². The van der Waals surface area contributed by atoms with Crippen LogP contribution in [0.4, 0.5) is 10.1 Å². The van der Waals surface area contributed by atoms with Gasteiger partial charge in [-0.15, -0.1) is 0 Å². The van der Waals surface area contributed by atoms with E-state index in [1.54, 1.807) is 23.0 Å². The number of aromatic amines is 1. The summed E-state index contributed by atoms with van der Waals surface area (Å²) in [7, 11) is 0. The Morgan fingerprint density at radius 3 is 2.78 bits per heavy atom. The maximum atomic E-state index is 14.7. The van der Waals surface area contributed by atoms with Crippen molar-refractivity contribution in [2.75, 3.05) is 25.0 Å². The molecule has 3 aromatic heterocycles. The van der Waals surface area contributed by atoms with Crippen LogP contribution in [0.5, 0.6) is 0 Å². The van der Waals surface area contributed by atoms with Gasteiger partial charge in [0.05, 0.1) is 33.3 Å². The third-order valence-electron chi connectivity index (χ3n) is 6.82. The van der Waals surface area contributed by atoms with Gasteiger partial charge in [-0.05, 0) is 56.1 Å². The smallest absolute Gasteiger partial charge is 0.258 e. The first-order chi connectivity index (χ1) is 17.3. The van der Waals surface area contributed by atoms with Gasteiger partial charge in [-0.25, -0.2) is 19.0 Å². The number of anilines is 1. The Hall–Kier alpha value is -3.30. The number of piperidine rings is 1. The number of aryl methyl sites for hydroxylation is 2. The molecule has 0 spiro atoms. The van der Waals surface area contributed by atoms with Gasteiger partial charge in [0.2, 0.25) is 0 Å². The fourth-order valence-electron chi connectivity index (χ4n) is 4.53. The molecule has 1 aliphatic rings. The molecule has 0 saturated carbocycles. The molecule has 1 aliphatic heterocycles. The summed E-state index contributed by atoms with van der Waals surface area (Å²) in [6.07, 6.45) is 3.78. The van der Waals surface area contributed by atoms with E-state index in [9.17, 15) is 9.18 Å². The Balaban J connectivity index is 1.37. The number of likely N-dealkylation sites (tertiary alicyclic amines) is 1. The van der Waals surface area contributed by atoms with E-state index in [1.165, 1.54) is 0 Å². The van der Waals surface area contributed by atoms with Gasteiger partial charge in [-0.1, -0.05) is 24.6 Å². The first kappa shape index (κ1) is 24.4. The lowest BCUT2D eigenvalue weighted by atomic mass is 10.0. The lowest BCUT2D eigenvalue weighted by Crippen LogP contribution is -2.47. The first-order valence-corrected chi connectivity index (χ1v) is 12.5. The number of benzene rings is 1. The van der Waals surface area contributed by atoms with Crippen LogP contribution in [0.1, 0.15) is 36.0 Å². The summed E-state index contributed by atoms with van der Waals surface area (Å²) in [6.45, 7) is 8.06. The van der Waals surface area contributed by atoms with Gasteiger partial charge in [-0.3, -0.25) is 4.79 Å². The summed E-state index contributed by atoms with van der Waals surface area (Å²) in [6, 6.07) is 6.82. The second kappa shape index (κ2) is 9.99. The Kier molecular flexibility index (Phi) is 6.77. The number of aromatic nitrogens is 5. The van der Waals surface area contributed by atoms with Gasteiger partial charge in [-0.2, -0.15) is 5.10 Å². The van der Waals surface area contributed by atoms with E-state index in [0.29, 0.717) is 46.8 Å². The fourth-order valence-corrected chi connectivity index (χ4v) is 4.75. The van der Waals surface area contributed by atoms with E-state index in [2.05, 4.69) is 30.3 Å². The standard InChI is InChI=1S/C26H29ClFN7O/c1-4-34-8-7-21(20(28)14-34)30-23-11-22-18(10-19(23)27)26(36)32-24(31-22)9-17-5-6-25(29-12-17)35-13-15(2)16(3)33-35/h5-6,10-13,20-21,30H,4,7-9,14H2,1-3H3,(H,31,32,36)/t20-,21-/m1/s1. The summed E-state index contributed by atoms with van der Waals surface area (Å²) >= 11 is 6.45. The molecule has 1 fully saturated rings. The summed E-state index contributed by atoms with van der Waals surface area (Å²) in [5.74, 6) is 1.23. The molecule has 2 N–H and O–H groups in total. The number of halogens is 2. The molecule has 0 radical (unpaired) electrons. The Bertz CT molecular complexity index is 1430. The minimum atomic E-state index is -1.00. The van der Waals surface area contributed by atoms with Crippen molar-refractivity contribution in [2.24, 2.45) is 0 Å². The molecule has 4 heterocycles. The fraction of sp³-hybridized carbons (Fsp3) is 0.385. The second-order valence-electron chi connectivity index (χ2n) is 9.35. The molecule has 5 rings (SSSR count). The number of nitrogens with zero attached hydrogens (tertiary/aromatic N) is 5. The van der Waals surface area contributed by atoms with Crippen molar-refractivity contribution in [3.8, 4) is 5.82 Å². The SMILES string of the molecule is CCN1CC[C@@H](Nc2cc3nc(Cc4ccc(-n5cc(C)c(C)n5)nc4)[nH]c(=O)c3cc2Cl)[C@H](F)C1. The van der Waals surface area contributed by atoms with Crippen LogP contribution in [-0.4, -0.2) is 61.5 Å². The summed E-state index contributed by atoms with van der Waals surface area (Å²) < 4.78 is 16.5. The van der Waals surface area contributed by atoms with Gasteiger partial charge < -0.3 is 15.2 Å². The van der Waals surface area contributed by atoms with E-state index in [-0.39, 0.29) is 11.6 Å². The zero-order valence-corrected chi connectivity index (χ0v) is 21.3. The van der Waals surface area contributed by atoms with Gasteiger partial charge >= 0.3 is 0 Å². The number of hydrogen-bond acceptors (Lipinski definition) is 6. The predicted molar refractivity (Wildman–Crippen MR) is 140 cm³/mol.